The van der Waals surface area contributed by atoms with Crippen LogP contribution in [0.15, 0.2) is 181 Å². The fourth-order valence-electron chi connectivity index (χ4n) is 10.6. The minimum atomic E-state index is 0.358. The predicted octanol–water partition coefficient (Wildman–Crippen LogP) is 16.5. The molecule has 0 aromatic heterocycles. The second kappa shape index (κ2) is 15.9. The van der Waals surface area contributed by atoms with E-state index in [1.807, 2.05) is 0 Å². The van der Waals surface area contributed by atoms with Crippen molar-refractivity contribution >= 4 is 62.1 Å². The van der Waals surface area contributed by atoms with Crippen molar-refractivity contribution in [2.24, 2.45) is 0 Å². The average molecular weight is 801 g/mol. The first-order chi connectivity index (χ1) is 30.5. The minimum absolute atomic E-state index is 0.358. The van der Waals surface area contributed by atoms with E-state index in [4.69, 9.17) is 0 Å². The summed E-state index contributed by atoms with van der Waals surface area (Å²) in [7, 11) is 0. The molecule has 302 valence electrons. The number of hydrogen-bond acceptors (Lipinski definition) is 2. The van der Waals surface area contributed by atoms with E-state index in [1.54, 1.807) is 0 Å². The molecule has 11 rings (SSSR count). The second-order valence-electron chi connectivity index (χ2n) is 17.7. The average Bonchev–Trinajstić information content (AvgIpc) is 3.59. The molecule has 0 bridgehead atoms. The molecule has 1 aliphatic carbocycles. The number of anilines is 5. The van der Waals surface area contributed by atoms with Crippen LogP contribution < -0.4 is 9.80 Å². The Labute approximate surface area is 366 Å². The van der Waals surface area contributed by atoms with Gasteiger partial charge in [-0.1, -0.05) is 166 Å². The van der Waals surface area contributed by atoms with E-state index in [-0.39, 0.29) is 0 Å². The third-order valence-corrected chi connectivity index (χ3v) is 13.6. The van der Waals surface area contributed by atoms with Crippen LogP contribution in [0, 0.1) is 6.92 Å². The number of benzene rings is 8. The van der Waals surface area contributed by atoms with Crippen LogP contribution in [0.4, 0.5) is 28.4 Å². The fraction of sp³-hybridized carbons (Fsp3) is 0.167. The van der Waals surface area contributed by atoms with Crippen molar-refractivity contribution in [3.63, 3.8) is 0 Å². The van der Waals surface area contributed by atoms with Crippen molar-refractivity contribution in [1.29, 1.82) is 0 Å². The largest absolute Gasteiger partial charge is 0.314 e. The summed E-state index contributed by atoms with van der Waals surface area (Å²) >= 11 is 0. The maximum Gasteiger partial charge on any atom is 0.0619 e. The zero-order valence-corrected chi connectivity index (χ0v) is 36.0. The lowest BCUT2D eigenvalue weighted by Gasteiger charge is -2.31. The quantitative estimate of drug-likeness (QED) is 0.122. The van der Waals surface area contributed by atoms with E-state index in [9.17, 15) is 0 Å². The molecule has 0 N–H and O–H groups in total. The molecule has 0 fully saturated rings. The molecule has 0 amide bonds. The summed E-state index contributed by atoms with van der Waals surface area (Å²) < 4.78 is 0. The molecule has 2 heterocycles. The van der Waals surface area contributed by atoms with Gasteiger partial charge in [-0.05, 0) is 148 Å². The van der Waals surface area contributed by atoms with Gasteiger partial charge in [0.2, 0.25) is 0 Å². The van der Waals surface area contributed by atoms with Gasteiger partial charge in [-0.25, -0.2) is 0 Å². The molecule has 0 unspecified atom stereocenters. The Morgan fingerprint density at radius 1 is 0.500 bits per heavy atom. The topological polar surface area (TPSA) is 6.48 Å². The highest BCUT2D eigenvalue weighted by molar-refractivity contribution is 6.19. The third kappa shape index (κ3) is 6.57. The van der Waals surface area contributed by atoms with Gasteiger partial charge in [-0.3, -0.25) is 0 Å². The molecule has 3 aliphatic rings. The molecular weight excluding hydrogens is 749 g/mol. The molecule has 0 spiro atoms. The van der Waals surface area contributed by atoms with Gasteiger partial charge in [0.15, 0.2) is 0 Å². The minimum Gasteiger partial charge on any atom is -0.314 e. The van der Waals surface area contributed by atoms with Gasteiger partial charge in [-0.2, -0.15) is 0 Å². The summed E-state index contributed by atoms with van der Waals surface area (Å²) in [6.45, 7) is 6.95. The molecule has 0 atom stereocenters. The van der Waals surface area contributed by atoms with Gasteiger partial charge >= 0.3 is 0 Å². The molecule has 2 aliphatic heterocycles. The number of fused-ring (bicyclic) bond motifs is 5. The molecule has 2 heteroatoms. The van der Waals surface area contributed by atoms with E-state index in [0.717, 1.165) is 38.5 Å². The van der Waals surface area contributed by atoms with Gasteiger partial charge in [-0.15, -0.1) is 0 Å². The van der Waals surface area contributed by atoms with E-state index < -0.39 is 0 Å². The Kier molecular flexibility index (Phi) is 9.73. The van der Waals surface area contributed by atoms with Crippen molar-refractivity contribution in [3.05, 3.63) is 220 Å². The standard InChI is InChI=1S/C60H52N2/c1-40(2)55-39-42(28-35-51(55)48-37-34-47(38-41(48)3)61-56-24-12-4-16-43(56)30-31-44-17-5-13-25-57(44)61)29-36-52-49-20-8-10-22-53(49)60(54-23-11-9-21-50(52)54)62-58-26-14-6-18-45(58)32-33-46-19-7-15-27-59(46)62/h4-12,14-24,26-29,34-40H,13,25,30-33H2,1-3H3/b36-29+. The summed E-state index contributed by atoms with van der Waals surface area (Å²) in [6.07, 6.45) is 15.8. The van der Waals surface area contributed by atoms with Crippen LogP contribution in [-0.4, -0.2) is 0 Å². The summed E-state index contributed by atoms with van der Waals surface area (Å²) in [5.41, 5.74) is 21.2. The summed E-state index contributed by atoms with van der Waals surface area (Å²) in [6, 6.07) is 59.2. The molecule has 0 saturated carbocycles. The third-order valence-electron chi connectivity index (χ3n) is 13.6. The molecule has 0 saturated heterocycles. The number of allylic oxidation sites excluding steroid dienone is 4. The Balaban J connectivity index is 0.996. The Morgan fingerprint density at radius 3 is 1.66 bits per heavy atom. The smallest absolute Gasteiger partial charge is 0.0619 e. The molecule has 2 nitrogen and oxygen atoms in total. The molecule has 0 radical (unpaired) electrons. The van der Waals surface area contributed by atoms with Crippen LogP contribution in [0.1, 0.15) is 78.0 Å². The zero-order chi connectivity index (χ0) is 41.7. The number of hydrogen-bond donors (Lipinski definition) is 0. The van der Waals surface area contributed by atoms with Crippen molar-refractivity contribution in [2.45, 2.75) is 65.2 Å². The fourth-order valence-corrected chi connectivity index (χ4v) is 10.6. The highest BCUT2D eigenvalue weighted by Gasteiger charge is 2.27. The number of aryl methyl sites for hydroxylation is 4. The number of nitrogens with zero attached hydrogens (tertiary/aromatic N) is 2. The zero-order valence-electron chi connectivity index (χ0n) is 36.0. The van der Waals surface area contributed by atoms with Crippen LogP contribution in [0.3, 0.4) is 0 Å². The van der Waals surface area contributed by atoms with Crippen LogP contribution in [0.25, 0.3) is 44.8 Å². The first-order valence-electron chi connectivity index (χ1n) is 22.6. The second-order valence-corrected chi connectivity index (χ2v) is 17.7. The van der Waals surface area contributed by atoms with Crippen molar-refractivity contribution in [1.82, 2.24) is 0 Å². The highest BCUT2D eigenvalue weighted by Crippen LogP contribution is 2.49. The Hall–Kier alpha value is -6.90. The number of rotatable bonds is 6. The predicted molar refractivity (Wildman–Crippen MR) is 265 cm³/mol. The monoisotopic (exact) mass is 800 g/mol. The van der Waals surface area contributed by atoms with Crippen molar-refractivity contribution < 1.29 is 0 Å². The molecule has 62 heavy (non-hydrogen) atoms. The maximum atomic E-state index is 2.56. The molecule has 8 aromatic rings. The van der Waals surface area contributed by atoms with E-state index in [1.165, 1.54) is 111 Å². The SMILES string of the molecule is Cc1cc(N2C3=C(C=CCC3)CCc3ccccc32)ccc1-c1ccc(/C=C/c2c3ccccc3c(N3c4ccccc4CCc4ccccc43)c3ccccc23)cc1C(C)C. The van der Waals surface area contributed by atoms with Crippen molar-refractivity contribution in [2.75, 3.05) is 9.80 Å². The molecule has 8 aromatic carbocycles. The van der Waals surface area contributed by atoms with Crippen LogP contribution >= 0.6 is 0 Å². The van der Waals surface area contributed by atoms with Crippen LogP contribution in [-0.2, 0) is 19.3 Å². The maximum absolute atomic E-state index is 2.56. The highest BCUT2D eigenvalue weighted by atomic mass is 15.2. The lowest BCUT2D eigenvalue weighted by atomic mass is 9.88. The van der Waals surface area contributed by atoms with Gasteiger partial charge in [0.1, 0.15) is 0 Å². The summed E-state index contributed by atoms with van der Waals surface area (Å²) in [5, 5.41) is 5.02. The van der Waals surface area contributed by atoms with E-state index in [0.29, 0.717) is 5.92 Å². The van der Waals surface area contributed by atoms with Crippen LogP contribution in [0.2, 0.25) is 0 Å². The van der Waals surface area contributed by atoms with Crippen molar-refractivity contribution in [3.8, 4) is 11.1 Å². The van der Waals surface area contributed by atoms with Gasteiger partial charge in [0, 0.05) is 39.2 Å². The van der Waals surface area contributed by atoms with E-state index in [2.05, 4.69) is 213 Å². The molecular formula is C60H52N2. The van der Waals surface area contributed by atoms with Gasteiger partial charge in [0.25, 0.3) is 0 Å². The first kappa shape index (κ1) is 38.1. The van der Waals surface area contributed by atoms with Crippen LogP contribution in [0.5, 0.6) is 0 Å². The first-order valence-corrected chi connectivity index (χ1v) is 22.6. The normalized spacial score (nSPS) is 14.8. The number of para-hydroxylation sites is 3. The van der Waals surface area contributed by atoms with Gasteiger partial charge < -0.3 is 9.80 Å². The Morgan fingerprint density at radius 2 is 1.05 bits per heavy atom. The Bertz CT molecular complexity index is 3030. The lowest BCUT2D eigenvalue weighted by Crippen LogP contribution is -2.19. The summed E-state index contributed by atoms with van der Waals surface area (Å²) in [4.78, 5) is 5.10. The lowest BCUT2D eigenvalue weighted by molar-refractivity contribution is 0.868. The van der Waals surface area contributed by atoms with Gasteiger partial charge in [0.05, 0.1) is 5.69 Å². The summed E-state index contributed by atoms with van der Waals surface area (Å²) in [5.74, 6) is 0.358. The van der Waals surface area contributed by atoms with E-state index >= 15 is 0 Å².